The highest BCUT2D eigenvalue weighted by Crippen LogP contribution is 2.40. The lowest BCUT2D eigenvalue weighted by Gasteiger charge is -2.54. The molecule has 0 aromatic heterocycles. The molecule has 0 saturated carbocycles. The molecule has 0 bridgehead atoms. The van der Waals surface area contributed by atoms with Crippen LogP contribution in [-0.2, 0) is 6.54 Å². The fourth-order valence-electron chi connectivity index (χ4n) is 4.82. The molecule has 2 heterocycles. The molecule has 168 valence electrons. The zero-order valence-corrected chi connectivity index (χ0v) is 20.1. The lowest BCUT2D eigenvalue weighted by Crippen LogP contribution is -2.64. The van der Waals surface area contributed by atoms with E-state index < -0.39 is 0 Å². The Morgan fingerprint density at radius 1 is 1.19 bits per heavy atom. The molecule has 0 spiro atoms. The van der Waals surface area contributed by atoms with Gasteiger partial charge in [0.05, 0.1) is 5.69 Å². The smallest absolute Gasteiger partial charge is 0.157 e. The summed E-state index contributed by atoms with van der Waals surface area (Å²) in [6, 6.07) is 13.1. The van der Waals surface area contributed by atoms with E-state index in [9.17, 15) is 0 Å². The number of para-hydroxylation sites is 1. The Labute approximate surface area is 193 Å². The van der Waals surface area contributed by atoms with Crippen molar-refractivity contribution in [2.24, 2.45) is 5.41 Å². The molecule has 2 aromatic rings. The van der Waals surface area contributed by atoms with Gasteiger partial charge in [0, 0.05) is 49.0 Å². The van der Waals surface area contributed by atoms with Crippen molar-refractivity contribution in [2.75, 3.05) is 30.8 Å². The molecule has 1 fully saturated rings. The summed E-state index contributed by atoms with van der Waals surface area (Å²) in [5.41, 5.74) is 8.66. The van der Waals surface area contributed by atoms with Crippen LogP contribution in [-0.4, -0.2) is 36.2 Å². The maximum absolute atomic E-state index is 4.42. The third-order valence-electron chi connectivity index (χ3n) is 6.66. The largest absolute Gasteiger partial charge is 0.381 e. The number of nitrogens with one attached hydrogen (secondary N) is 2. The number of fused-ring (bicyclic) bond motifs is 1. The molecule has 4 nitrogen and oxygen atoms in total. The van der Waals surface area contributed by atoms with Crippen molar-refractivity contribution in [3.05, 3.63) is 89.5 Å². The molecule has 1 unspecified atom stereocenters. The van der Waals surface area contributed by atoms with Crippen molar-refractivity contribution >= 4 is 17.1 Å². The summed E-state index contributed by atoms with van der Waals surface area (Å²) in [6.07, 6.45) is 8.78. The summed E-state index contributed by atoms with van der Waals surface area (Å²) in [5, 5.41) is 7.46. The Bertz CT molecular complexity index is 1060. The van der Waals surface area contributed by atoms with Gasteiger partial charge in [0.15, 0.2) is 6.29 Å². The third kappa shape index (κ3) is 4.33. The predicted molar refractivity (Wildman–Crippen MR) is 138 cm³/mol. The Hall–Kier alpha value is -2.98. The maximum atomic E-state index is 4.42. The normalized spacial score (nSPS) is 20.3. The van der Waals surface area contributed by atoms with E-state index in [4.69, 9.17) is 0 Å². The zero-order chi connectivity index (χ0) is 22.9. The first-order valence-corrected chi connectivity index (χ1v) is 11.5. The third-order valence-corrected chi connectivity index (χ3v) is 6.66. The van der Waals surface area contributed by atoms with Crippen LogP contribution in [0.5, 0.6) is 0 Å². The van der Waals surface area contributed by atoms with Gasteiger partial charge in [-0.25, -0.2) is 0 Å². The fraction of sp³-hybridized carbons (Fsp3) is 0.357. The van der Waals surface area contributed by atoms with Gasteiger partial charge in [-0.3, -0.25) is 4.90 Å². The number of benzene rings is 2. The van der Waals surface area contributed by atoms with Crippen molar-refractivity contribution < 1.29 is 0 Å². The number of aryl methyl sites for hydroxylation is 2. The average Bonchev–Trinajstić information content (AvgIpc) is 2.74. The molecule has 1 saturated heterocycles. The maximum Gasteiger partial charge on any atom is 0.157 e. The van der Waals surface area contributed by atoms with Gasteiger partial charge in [0.1, 0.15) is 0 Å². The fourth-order valence-corrected chi connectivity index (χ4v) is 4.82. The van der Waals surface area contributed by atoms with Gasteiger partial charge in [0.25, 0.3) is 0 Å². The molecule has 0 amide bonds. The summed E-state index contributed by atoms with van der Waals surface area (Å²) in [5.74, 6) is 0. The number of rotatable bonds is 6. The van der Waals surface area contributed by atoms with Crippen molar-refractivity contribution in [3.63, 3.8) is 0 Å². The van der Waals surface area contributed by atoms with E-state index in [1.807, 2.05) is 0 Å². The van der Waals surface area contributed by atoms with E-state index in [2.05, 4.69) is 122 Å². The first-order chi connectivity index (χ1) is 15.3. The summed E-state index contributed by atoms with van der Waals surface area (Å²) in [7, 11) is 2.13. The van der Waals surface area contributed by atoms with Gasteiger partial charge in [-0.05, 0) is 38.0 Å². The Kier molecular flexibility index (Phi) is 6.16. The molecule has 0 radical (unpaired) electrons. The van der Waals surface area contributed by atoms with E-state index in [0.717, 1.165) is 25.3 Å². The Balaban J connectivity index is 1.52. The summed E-state index contributed by atoms with van der Waals surface area (Å²) in [4.78, 5) is 4.75. The van der Waals surface area contributed by atoms with Crippen LogP contribution in [0.4, 0.5) is 11.4 Å². The van der Waals surface area contributed by atoms with Crippen molar-refractivity contribution in [2.45, 2.75) is 40.5 Å². The lowest BCUT2D eigenvalue weighted by atomic mass is 9.81. The molecule has 2 aromatic carbocycles. The minimum Gasteiger partial charge on any atom is -0.381 e. The van der Waals surface area contributed by atoms with Crippen LogP contribution in [0.2, 0.25) is 0 Å². The van der Waals surface area contributed by atoms with Crippen molar-refractivity contribution in [3.8, 4) is 0 Å². The van der Waals surface area contributed by atoms with Crippen molar-refractivity contribution in [1.82, 2.24) is 9.80 Å². The minimum absolute atomic E-state index is 0.112. The molecule has 0 aliphatic carbocycles. The van der Waals surface area contributed by atoms with E-state index in [1.54, 1.807) is 0 Å². The van der Waals surface area contributed by atoms with E-state index >= 15 is 0 Å². The van der Waals surface area contributed by atoms with Gasteiger partial charge in [0.2, 0.25) is 0 Å². The highest BCUT2D eigenvalue weighted by molar-refractivity contribution is 5.79. The molecule has 4 rings (SSSR count). The Morgan fingerprint density at radius 3 is 2.69 bits per heavy atom. The molecule has 4 heteroatoms. The highest BCUT2D eigenvalue weighted by atomic mass is 15.5. The second kappa shape index (κ2) is 8.87. The van der Waals surface area contributed by atoms with Crippen molar-refractivity contribution in [1.29, 1.82) is 0 Å². The van der Waals surface area contributed by atoms with E-state index in [-0.39, 0.29) is 11.7 Å². The second-order valence-electron chi connectivity index (χ2n) is 9.53. The topological polar surface area (TPSA) is 30.5 Å². The van der Waals surface area contributed by atoms with Crippen LogP contribution < -0.4 is 10.6 Å². The second-order valence-corrected chi connectivity index (χ2v) is 9.53. The molecule has 2 aliphatic rings. The van der Waals surface area contributed by atoms with Crippen LogP contribution in [0, 0.1) is 19.3 Å². The van der Waals surface area contributed by atoms with E-state index in [1.165, 1.54) is 33.6 Å². The van der Waals surface area contributed by atoms with Gasteiger partial charge in [-0.15, -0.1) is 0 Å². The number of anilines is 2. The molecule has 32 heavy (non-hydrogen) atoms. The summed E-state index contributed by atoms with van der Waals surface area (Å²) >= 11 is 0. The lowest BCUT2D eigenvalue weighted by molar-refractivity contribution is -0.0185. The molecule has 1 atom stereocenters. The number of hydrogen-bond acceptors (Lipinski definition) is 4. The SMILES string of the molecule is C=C1c2cccc(CNc3ccc(C)cc3C)c2NC(N2CC(C)(/C=C\C=C/C)C2)N1C. The van der Waals surface area contributed by atoms with Crippen LogP contribution in [0.1, 0.15) is 36.1 Å². The van der Waals surface area contributed by atoms with Crippen LogP contribution in [0.25, 0.3) is 5.70 Å². The number of nitrogens with zero attached hydrogens (tertiary/aromatic N) is 2. The van der Waals surface area contributed by atoms with Crippen LogP contribution in [0.3, 0.4) is 0 Å². The summed E-state index contributed by atoms with van der Waals surface area (Å²) < 4.78 is 0. The first kappa shape index (κ1) is 22.2. The molecule has 2 N–H and O–H groups in total. The Morgan fingerprint density at radius 2 is 1.97 bits per heavy atom. The number of allylic oxidation sites excluding steroid dienone is 3. The monoisotopic (exact) mass is 428 g/mol. The van der Waals surface area contributed by atoms with Gasteiger partial charge in [-0.2, -0.15) is 0 Å². The van der Waals surface area contributed by atoms with Crippen LogP contribution in [0.15, 0.2) is 67.3 Å². The predicted octanol–water partition coefficient (Wildman–Crippen LogP) is 5.98. The molecular weight excluding hydrogens is 392 g/mol. The molecule has 2 aliphatic heterocycles. The minimum atomic E-state index is 0.112. The molecular formula is C28H36N4. The number of likely N-dealkylation sites (tertiary alicyclic amines) is 1. The quantitative estimate of drug-likeness (QED) is 0.554. The highest BCUT2D eigenvalue weighted by Gasteiger charge is 2.43. The van der Waals surface area contributed by atoms with E-state index in [0.29, 0.717) is 0 Å². The van der Waals surface area contributed by atoms with Gasteiger partial charge < -0.3 is 15.5 Å². The summed E-state index contributed by atoms with van der Waals surface area (Å²) in [6.45, 7) is 15.9. The number of hydrogen-bond donors (Lipinski definition) is 2. The van der Waals surface area contributed by atoms with Gasteiger partial charge in [-0.1, -0.05) is 73.7 Å². The first-order valence-electron chi connectivity index (χ1n) is 11.5. The standard InChI is InChI=1S/C28H36N4/c1-7-8-9-15-28(5)18-32(19-28)27-30-26-23(11-10-12-24(26)22(4)31(27)6)17-29-25-14-13-20(2)16-21(25)3/h7-16,27,29-30H,4,17-19H2,1-3,5-6H3/b8-7-,15-9-. The van der Waals surface area contributed by atoms with Crippen LogP contribution >= 0.6 is 0 Å². The van der Waals surface area contributed by atoms with Gasteiger partial charge >= 0.3 is 0 Å². The average molecular weight is 429 g/mol. The zero-order valence-electron chi connectivity index (χ0n) is 20.1.